The lowest BCUT2D eigenvalue weighted by Gasteiger charge is -2.21. The zero-order chi connectivity index (χ0) is 32.7. The molecule has 246 valence electrons. The molecule has 0 unspecified atom stereocenters. The molecule has 3 rings (SSSR count). The highest BCUT2D eigenvalue weighted by molar-refractivity contribution is 5.96. The number of methoxy groups -OCH3 is 2. The number of ether oxygens (including phenoxy) is 2. The van der Waals surface area contributed by atoms with E-state index in [0.717, 1.165) is 31.2 Å². The highest BCUT2D eigenvalue weighted by atomic mass is 16.5. The zero-order valence-corrected chi connectivity index (χ0v) is 27.8. The van der Waals surface area contributed by atoms with Gasteiger partial charge in [-0.15, -0.1) is 0 Å². The van der Waals surface area contributed by atoms with Crippen molar-refractivity contribution >= 4 is 34.7 Å². The second-order valence-electron chi connectivity index (χ2n) is 12.3. The lowest BCUT2D eigenvalue weighted by atomic mass is 10.0. The smallest absolute Gasteiger partial charge is 0.320 e. The predicted octanol–water partition coefficient (Wildman–Crippen LogP) is 7.08. The number of rotatable bonds is 18. The molecule has 2 aromatic heterocycles. The van der Waals surface area contributed by atoms with E-state index in [-0.39, 0.29) is 11.9 Å². The molecule has 2 heterocycles. The van der Waals surface area contributed by atoms with E-state index in [1.807, 2.05) is 39.0 Å². The molecule has 1 aromatic carbocycles. The van der Waals surface area contributed by atoms with Gasteiger partial charge < -0.3 is 25.4 Å². The molecular formula is C34H51N7O4. The van der Waals surface area contributed by atoms with Crippen LogP contribution in [0, 0.1) is 0 Å². The topological polar surface area (TPSA) is 139 Å². The minimum atomic E-state index is -0.435. The second kappa shape index (κ2) is 18.0. The number of hydrogen-bond donors (Lipinski definition) is 4. The van der Waals surface area contributed by atoms with Crippen LogP contribution < -0.4 is 30.7 Å². The summed E-state index contributed by atoms with van der Waals surface area (Å²) in [4.78, 5) is 38.8. The van der Waals surface area contributed by atoms with Crippen LogP contribution in [0.4, 0.5) is 16.6 Å². The molecular weight excluding hydrogens is 570 g/mol. The number of amides is 3. The molecule has 11 heteroatoms. The van der Waals surface area contributed by atoms with Gasteiger partial charge in [0.25, 0.3) is 0 Å². The van der Waals surface area contributed by atoms with E-state index in [9.17, 15) is 9.59 Å². The minimum absolute atomic E-state index is 0.132. The maximum Gasteiger partial charge on any atom is 0.320 e. The Kier molecular flexibility index (Phi) is 14.1. The summed E-state index contributed by atoms with van der Waals surface area (Å²) in [7, 11) is 3.17. The molecule has 11 nitrogen and oxygen atoms in total. The van der Waals surface area contributed by atoms with Crippen LogP contribution in [-0.2, 0) is 4.79 Å². The summed E-state index contributed by atoms with van der Waals surface area (Å²) in [5.41, 5.74) is 1.43. The normalized spacial score (nSPS) is 11.2. The second-order valence-corrected chi connectivity index (χ2v) is 12.3. The Bertz CT molecular complexity index is 1370. The number of nitrogens with zero attached hydrogens (tertiary/aromatic N) is 3. The van der Waals surface area contributed by atoms with Crippen molar-refractivity contribution in [2.45, 2.75) is 97.4 Å². The van der Waals surface area contributed by atoms with E-state index >= 15 is 0 Å². The fourth-order valence-electron chi connectivity index (χ4n) is 4.82. The number of fused-ring (bicyclic) bond motifs is 1. The predicted molar refractivity (Wildman–Crippen MR) is 181 cm³/mol. The van der Waals surface area contributed by atoms with Crippen LogP contribution in [0.15, 0.2) is 30.5 Å². The first-order valence-electron chi connectivity index (χ1n) is 16.1. The minimum Gasteiger partial charge on any atom is -0.497 e. The Morgan fingerprint density at radius 1 is 0.822 bits per heavy atom. The Labute approximate surface area is 267 Å². The van der Waals surface area contributed by atoms with Gasteiger partial charge in [-0.2, -0.15) is 4.98 Å². The number of carbonyl (C=O) groups excluding carboxylic acids is 2. The number of anilines is 2. The molecule has 0 saturated heterocycles. The zero-order valence-electron chi connectivity index (χ0n) is 27.8. The maximum absolute atomic E-state index is 12.9. The first kappa shape index (κ1) is 35.3. The van der Waals surface area contributed by atoms with Crippen LogP contribution in [0.2, 0.25) is 0 Å². The standard InChI is InChI=1S/C34H51N7O4/c1-7-8-9-10-11-12-13-16-29(42)35-17-14-15-18-36-32-37-23-25-21-28(24-19-26(44-5)22-27(20-24)45-6)31(38-30(25)39-32)40-33(43)41-34(2,3)4/h19-23H,7-18H2,1-6H3,(H,35,42)(H3,36,37,38,39,40,41,43). The van der Waals surface area contributed by atoms with E-state index in [1.165, 1.54) is 32.1 Å². The number of aromatic nitrogens is 3. The average Bonchev–Trinajstić information content (AvgIpc) is 3.00. The molecule has 4 N–H and O–H groups in total. The van der Waals surface area contributed by atoms with E-state index < -0.39 is 5.54 Å². The van der Waals surface area contributed by atoms with E-state index in [0.29, 0.717) is 59.4 Å². The number of pyridine rings is 1. The van der Waals surface area contributed by atoms with Crippen molar-refractivity contribution in [3.63, 3.8) is 0 Å². The lowest BCUT2D eigenvalue weighted by molar-refractivity contribution is -0.121. The summed E-state index contributed by atoms with van der Waals surface area (Å²) in [5, 5.41) is 12.8. The first-order valence-corrected chi connectivity index (χ1v) is 16.1. The summed E-state index contributed by atoms with van der Waals surface area (Å²) in [6.45, 7) is 9.25. The van der Waals surface area contributed by atoms with E-state index in [1.54, 1.807) is 26.5 Å². The Morgan fingerprint density at radius 3 is 2.16 bits per heavy atom. The molecule has 0 atom stereocenters. The van der Waals surface area contributed by atoms with Crippen LogP contribution in [0.25, 0.3) is 22.2 Å². The molecule has 0 spiro atoms. The molecule has 0 saturated carbocycles. The van der Waals surface area contributed by atoms with Crippen molar-refractivity contribution in [3.05, 3.63) is 30.5 Å². The van der Waals surface area contributed by atoms with Gasteiger partial charge in [0.15, 0.2) is 5.65 Å². The number of nitrogens with one attached hydrogen (secondary N) is 4. The fourth-order valence-corrected chi connectivity index (χ4v) is 4.82. The SMILES string of the molecule is CCCCCCCCCC(=O)NCCCCNc1ncc2cc(-c3cc(OC)cc(OC)c3)c(NC(=O)NC(C)(C)C)nc2n1. The molecule has 0 aliphatic heterocycles. The van der Waals surface area contributed by atoms with Gasteiger partial charge in [0.2, 0.25) is 11.9 Å². The van der Waals surface area contributed by atoms with Gasteiger partial charge in [-0.1, -0.05) is 45.4 Å². The summed E-state index contributed by atoms with van der Waals surface area (Å²) in [6.07, 6.45) is 12.4. The van der Waals surface area contributed by atoms with E-state index in [4.69, 9.17) is 14.5 Å². The van der Waals surface area contributed by atoms with Crippen LogP contribution in [0.3, 0.4) is 0 Å². The van der Waals surface area contributed by atoms with Gasteiger partial charge in [-0.3, -0.25) is 10.1 Å². The highest BCUT2D eigenvalue weighted by Crippen LogP contribution is 2.35. The fraction of sp³-hybridized carbons (Fsp3) is 0.559. The molecule has 3 aromatic rings. The number of unbranched alkanes of at least 4 members (excludes halogenated alkanes) is 7. The summed E-state index contributed by atoms with van der Waals surface area (Å²) < 4.78 is 10.9. The molecule has 45 heavy (non-hydrogen) atoms. The molecule has 3 amide bonds. The third kappa shape index (κ3) is 12.4. The van der Waals surface area contributed by atoms with Crippen molar-refractivity contribution in [1.29, 1.82) is 0 Å². The molecule has 0 radical (unpaired) electrons. The van der Waals surface area contributed by atoms with Crippen molar-refractivity contribution in [2.24, 2.45) is 0 Å². The lowest BCUT2D eigenvalue weighted by Crippen LogP contribution is -2.43. The quantitative estimate of drug-likeness (QED) is 0.111. The van der Waals surface area contributed by atoms with Crippen LogP contribution in [0.5, 0.6) is 11.5 Å². The van der Waals surface area contributed by atoms with Crippen LogP contribution in [-0.4, -0.2) is 59.7 Å². The van der Waals surface area contributed by atoms with Gasteiger partial charge in [0, 0.05) is 48.3 Å². The number of carbonyl (C=O) groups is 2. The van der Waals surface area contributed by atoms with Gasteiger partial charge in [0.05, 0.1) is 14.2 Å². The third-order valence-corrected chi connectivity index (χ3v) is 7.17. The Morgan fingerprint density at radius 2 is 1.49 bits per heavy atom. The monoisotopic (exact) mass is 621 g/mol. The molecule has 0 aliphatic carbocycles. The summed E-state index contributed by atoms with van der Waals surface area (Å²) in [6, 6.07) is 7.00. The van der Waals surface area contributed by atoms with Gasteiger partial charge in [-0.05, 0) is 63.8 Å². The highest BCUT2D eigenvalue weighted by Gasteiger charge is 2.18. The van der Waals surface area contributed by atoms with Crippen molar-refractivity contribution in [3.8, 4) is 22.6 Å². The third-order valence-electron chi connectivity index (χ3n) is 7.17. The van der Waals surface area contributed by atoms with Crippen molar-refractivity contribution in [2.75, 3.05) is 37.9 Å². The first-order chi connectivity index (χ1) is 21.6. The number of urea groups is 1. The summed E-state index contributed by atoms with van der Waals surface area (Å²) in [5.74, 6) is 2.14. The molecule has 0 bridgehead atoms. The van der Waals surface area contributed by atoms with Gasteiger partial charge >= 0.3 is 6.03 Å². The Hall–Kier alpha value is -4.15. The molecule has 0 aliphatic rings. The van der Waals surface area contributed by atoms with Gasteiger partial charge in [-0.25, -0.2) is 14.8 Å². The maximum atomic E-state index is 12.9. The molecule has 0 fully saturated rings. The average molecular weight is 622 g/mol. The van der Waals surface area contributed by atoms with Crippen LogP contribution in [0.1, 0.15) is 91.9 Å². The Balaban J connectivity index is 1.61. The van der Waals surface area contributed by atoms with Crippen molar-refractivity contribution in [1.82, 2.24) is 25.6 Å². The largest absolute Gasteiger partial charge is 0.497 e. The summed E-state index contributed by atoms with van der Waals surface area (Å²) >= 11 is 0. The van der Waals surface area contributed by atoms with E-state index in [2.05, 4.69) is 38.2 Å². The van der Waals surface area contributed by atoms with Gasteiger partial charge in [0.1, 0.15) is 17.3 Å². The number of benzene rings is 1. The number of hydrogen-bond acceptors (Lipinski definition) is 8. The van der Waals surface area contributed by atoms with Crippen LogP contribution >= 0.6 is 0 Å². The van der Waals surface area contributed by atoms with Crippen molar-refractivity contribution < 1.29 is 19.1 Å².